The van der Waals surface area contributed by atoms with E-state index in [0.29, 0.717) is 17.6 Å². The molecule has 0 aliphatic carbocycles. The van der Waals surface area contributed by atoms with Crippen molar-refractivity contribution in [2.24, 2.45) is 0 Å². The average Bonchev–Trinajstić information content (AvgIpc) is 3.35. The van der Waals surface area contributed by atoms with Gasteiger partial charge in [-0.1, -0.05) is 225 Å². The molecule has 0 aliphatic rings. The normalized spacial score (nSPS) is 14.4. The molecule has 0 rings (SSSR count). The summed E-state index contributed by atoms with van der Waals surface area (Å²) in [7, 11) is 1.62. The van der Waals surface area contributed by atoms with Crippen LogP contribution in [0, 0.1) is 0 Å². The van der Waals surface area contributed by atoms with Crippen LogP contribution in [0.2, 0.25) is 0 Å². The molecule has 0 heterocycles. The van der Waals surface area contributed by atoms with Crippen LogP contribution < -0.4 is 0 Å². The summed E-state index contributed by atoms with van der Waals surface area (Å²) in [5, 5.41) is 0. The summed E-state index contributed by atoms with van der Waals surface area (Å²) in [6, 6.07) is 0. The summed E-state index contributed by atoms with van der Waals surface area (Å²) in [6.45, 7) is 5.33. The molecule has 0 aromatic carbocycles. The largest absolute Gasteiger partial charge is 0.472 e. The van der Waals surface area contributed by atoms with Crippen LogP contribution in [-0.2, 0) is 27.9 Å². The predicted molar refractivity (Wildman–Crippen MR) is 316 cm³/mol. The Hall–Kier alpha value is -3.36. The Balaban J connectivity index is 4.18. The monoisotopic (exact) mass is 1030 g/mol. The van der Waals surface area contributed by atoms with Crippen molar-refractivity contribution in [2.45, 2.75) is 213 Å². The molecule has 0 aromatic rings. The Morgan fingerprint density at radius 3 is 1.12 bits per heavy atom. The summed E-state index contributed by atoms with van der Waals surface area (Å²) < 4.78 is 35.2. The van der Waals surface area contributed by atoms with E-state index in [1.165, 1.54) is 77.0 Å². The van der Waals surface area contributed by atoms with Gasteiger partial charge in [-0.05, 0) is 109 Å². The first-order valence-corrected chi connectivity index (χ1v) is 30.4. The van der Waals surface area contributed by atoms with Crippen molar-refractivity contribution in [3.05, 3.63) is 134 Å². The standard InChI is InChI=1S/C64H108NO7P/c1-6-8-10-12-14-16-18-20-22-24-26-28-30-32-34-36-38-40-42-44-46-48-50-52-54-56-59-69-61-63(62-71-73(67,68)70-60-58-65(3,4)5)72-64(66)57-55-53-51-49-47-45-43-41-39-37-35-33-31-29-27-25-23-21-19-17-15-13-11-9-7-2/h8-11,14-17,20-23,26-29,33,35,39,41,45,47,63H,6-7,12-13,18-19,24-25,30-32,34,36-38,40,42-44,46,48-62H2,1-5H3/p+1/b10-8-,11-9-,16-14-,17-15-,22-20-,23-21-,28-26-,29-27-,35-33-,41-39-,47-45-. The molecule has 0 bridgehead atoms. The van der Waals surface area contributed by atoms with Crippen LogP contribution in [0.15, 0.2) is 134 Å². The molecule has 0 amide bonds. The number of hydrogen-bond acceptors (Lipinski definition) is 6. The highest BCUT2D eigenvalue weighted by atomic mass is 31.2. The lowest BCUT2D eigenvalue weighted by atomic mass is 10.0. The molecule has 0 aliphatic heterocycles. The van der Waals surface area contributed by atoms with Gasteiger partial charge in [0.2, 0.25) is 0 Å². The fourth-order valence-electron chi connectivity index (χ4n) is 7.35. The van der Waals surface area contributed by atoms with Gasteiger partial charge in [-0.3, -0.25) is 13.8 Å². The minimum absolute atomic E-state index is 0.0739. The molecule has 8 nitrogen and oxygen atoms in total. The summed E-state index contributed by atoms with van der Waals surface area (Å²) in [5.41, 5.74) is 0. The van der Waals surface area contributed by atoms with E-state index in [9.17, 15) is 14.3 Å². The molecule has 0 aromatic heterocycles. The van der Waals surface area contributed by atoms with Crippen molar-refractivity contribution in [2.75, 3.05) is 54.1 Å². The van der Waals surface area contributed by atoms with Crippen molar-refractivity contribution in [3.63, 3.8) is 0 Å². The third-order valence-corrected chi connectivity index (χ3v) is 12.7. The lowest BCUT2D eigenvalue weighted by molar-refractivity contribution is -0.870. The molecule has 2 unspecified atom stereocenters. The van der Waals surface area contributed by atoms with E-state index in [-0.39, 0.29) is 32.2 Å². The topological polar surface area (TPSA) is 91.3 Å². The number of likely N-dealkylation sites (N-methyl/N-ethyl adjacent to an activating group) is 1. The van der Waals surface area contributed by atoms with Gasteiger partial charge < -0.3 is 18.9 Å². The van der Waals surface area contributed by atoms with Gasteiger partial charge in [-0.25, -0.2) is 4.57 Å². The second kappa shape index (κ2) is 54.9. The number of carbonyl (C=O) groups is 1. The number of nitrogens with zero attached hydrogens (tertiary/aromatic N) is 1. The lowest BCUT2D eigenvalue weighted by Gasteiger charge is -2.24. The summed E-state index contributed by atoms with van der Waals surface area (Å²) in [5.74, 6) is -0.349. The molecule has 0 radical (unpaired) electrons. The zero-order valence-electron chi connectivity index (χ0n) is 47.3. The summed E-state index contributed by atoms with van der Waals surface area (Å²) in [6.07, 6.45) is 80.9. The first-order chi connectivity index (χ1) is 35.6. The van der Waals surface area contributed by atoms with E-state index in [0.717, 1.165) is 109 Å². The number of phosphoric acid groups is 1. The zero-order chi connectivity index (χ0) is 53.3. The van der Waals surface area contributed by atoms with Crippen LogP contribution in [-0.4, -0.2) is 75.6 Å². The SMILES string of the molecule is CC/C=C\C/C=C\C/C=C\C/C=C\C/C=C\C/C=C\C/C=C\CCCCCC(=O)OC(COCCCCCCCCCCCCCCC/C=C\C/C=C\C/C=C\C/C=C\CC)COP(=O)(O)OCC[N+](C)(C)C. The number of unbranched alkanes of at least 4 members (excludes halogenated alkanes) is 16. The van der Waals surface area contributed by atoms with Gasteiger partial charge in [0.05, 0.1) is 34.4 Å². The summed E-state index contributed by atoms with van der Waals surface area (Å²) >= 11 is 0. The van der Waals surface area contributed by atoms with Gasteiger partial charge in [-0.2, -0.15) is 0 Å². The maximum atomic E-state index is 12.8. The molecular formula is C64H109NO7P+. The number of allylic oxidation sites excluding steroid dienone is 22. The van der Waals surface area contributed by atoms with E-state index in [2.05, 4.69) is 148 Å². The van der Waals surface area contributed by atoms with E-state index in [4.69, 9.17) is 18.5 Å². The highest BCUT2D eigenvalue weighted by Gasteiger charge is 2.26. The van der Waals surface area contributed by atoms with Crippen molar-refractivity contribution in [3.8, 4) is 0 Å². The Bertz CT molecular complexity index is 1630. The van der Waals surface area contributed by atoms with Crippen molar-refractivity contribution < 1.29 is 37.3 Å². The highest BCUT2D eigenvalue weighted by molar-refractivity contribution is 7.47. The third kappa shape index (κ3) is 59.4. The number of ether oxygens (including phenoxy) is 2. The van der Waals surface area contributed by atoms with Gasteiger partial charge in [-0.15, -0.1) is 0 Å². The molecule has 73 heavy (non-hydrogen) atoms. The highest BCUT2D eigenvalue weighted by Crippen LogP contribution is 2.43. The van der Waals surface area contributed by atoms with Gasteiger partial charge in [0.1, 0.15) is 19.3 Å². The Morgan fingerprint density at radius 1 is 0.425 bits per heavy atom. The summed E-state index contributed by atoms with van der Waals surface area (Å²) in [4.78, 5) is 23.1. The molecule has 9 heteroatoms. The molecule has 2 atom stereocenters. The van der Waals surface area contributed by atoms with E-state index < -0.39 is 13.9 Å². The second-order valence-corrected chi connectivity index (χ2v) is 21.4. The fraction of sp³-hybridized carbons (Fsp3) is 0.641. The Labute approximate surface area is 449 Å². The van der Waals surface area contributed by atoms with Gasteiger partial charge in [0, 0.05) is 13.0 Å². The number of hydrogen-bond donors (Lipinski definition) is 1. The second-order valence-electron chi connectivity index (χ2n) is 19.9. The van der Waals surface area contributed by atoms with E-state index >= 15 is 0 Å². The van der Waals surface area contributed by atoms with Crippen LogP contribution in [0.4, 0.5) is 0 Å². The Kier molecular flexibility index (Phi) is 52.4. The maximum absolute atomic E-state index is 12.8. The molecule has 0 saturated carbocycles. The molecular weight excluding hydrogens is 926 g/mol. The third-order valence-electron chi connectivity index (χ3n) is 11.7. The maximum Gasteiger partial charge on any atom is 0.472 e. The quantitative estimate of drug-likeness (QED) is 0.0213. The number of carbonyl (C=O) groups excluding carboxylic acids is 1. The first kappa shape index (κ1) is 69.6. The van der Waals surface area contributed by atoms with E-state index in [1.807, 2.05) is 21.1 Å². The predicted octanol–water partition coefficient (Wildman–Crippen LogP) is 18.6. The number of rotatable bonds is 52. The number of quaternary nitrogens is 1. The number of esters is 1. The molecule has 0 fully saturated rings. The number of phosphoric ester groups is 1. The fourth-order valence-corrected chi connectivity index (χ4v) is 8.09. The van der Waals surface area contributed by atoms with Gasteiger partial charge in [0.25, 0.3) is 0 Å². The molecule has 0 saturated heterocycles. The molecule has 416 valence electrons. The average molecular weight is 1040 g/mol. The van der Waals surface area contributed by atoms with Gasteiger partial charge >= 0.3 is 13.8 Å². The van der Waals surface area contributed by atoms with Crippen LogP contribution in [0.1, 0.15) is 206 Å². The van der Waals surface area contributed by atoms with Crippen molar-refractivity contribution in [1.82, 2.24) is 0 Å². The minimum atomic E-state index is -4.31. The van der Waals surface area contributed by atoms with Crippen molar-refractivity contribution >= 4 is 13.8 Å². The van der Waals surface area contributed by atoms with E-state index in [1.54, 1.807) is 0 Å². The smallest absolute Gasteiger partial charge is 0.457 e. The molecule has 0 spiro atoms. The van der Waals surface area contributed by atoms with Crippen LogP contribution in [0.5, 0.6) is 0 Å². The van der Waals surface area contributed by atoms with Crippen LogP contribution in [0.3, 0.4) is 0 Å². The van der Waals surface area contributed by atoms with Crippen LogP contribution >= 0.6 is 7.82 Å². The molecule has 1 N–H and O–H groups in total. The van der Waals surface area contributed by atoms with Crippen LogP contribution in [0.25, 0.3) is 0 Å². The Morgan fingerprint density at radius 2 is 0.753 bits per heavy atom. The lowest BCUT2D eigenvalue weighted by Crippen LogP contribution is -2.37. The first-order valence-electron chi connectivity index (χ1n) is 28.9. The van der Waals surface area contributed by atoms with Crippen molar-refractivity contribution in [1.29, 1.82) is 0 Å². The minimum Gasteiger partial charge on any atom is -0.457 e. The van der Waals surface area contributed by atoms with Gasteiger partial charge in [0.15, 0.2) is 0 Å². The zero-order valence-corrected chi connectivity index (χ0v) is 48.2.